The molecule has 1 aliphatic rings. The molecule has 2 aromatic heterocycles. The third kappa shape index (κ3) is 4.66. The highest BCUT2D eigenvalue weighted by atomic mass is 28.3. The Bertz CT molecular complexity index is 1850. The second-order valence-corrected chi connectivity index (χ2v) is 17.5. The molecule has 7 rings (SSSR count). The number of furan rings is 1. The van der Waals surface area contributed by atoms with Gasteiger partial charge in [0.1, 0.15) is 5.69 Å². The van der Waals surface area contributed by atoms with Crippen molar-refractivity contribution in [2.75, 3.05) is 0 Å². The maximum absolute atomic E-state index is 7.35. The smallest absolute Gasteiger partial charge is 0.196 e. The normalized spacial score (nSPS) is 14.9. The Morgan fingerprint density at radius 2 is 1.35 bits per heavy atom. The van der Waals surface area contributed by atoms with Crippen LogP contribution >= 0.6 is 0 Å². The van der Waals surface area contributed by atoms with Gasteiger partial charge in [0.05, 0.1) is 5.38 Å². The number of hydrogen-bond donors (Lipinski definition) is 0. The van der Waals surface area contributed by atoms with Crippen LogP contribution in [0.5, 0.6) is 0 Å². The van der Waals surface area contributed by atoms with Gasteiger partial charge in [-0.15, -0.1) is 0 Å². The van der Waals surface area contributed by atoms with Gasteiger partial charge in [0.2, 0.25) is 0 Å². The second kappa shape index (κ2) is 11.0. The zero-order chi connectivity index (χ0) is 29.6. The van der Waals surface area contributed by atoms with Gasteiger partial charge in [-0.3, -0.25) is 4.98 Å². The first kappa shape index (κ1) is 27.9. The molecule has 6 aromatic rings. The Hall–Kier alpha value is -3.95. The van der Waals surface area contributed by atoms with Crippen molar-refractivity contribution in [3.05, 3.63) is 120 Å². The van der Waals surface area contributed by atoms with E-state index in [4.69, 9.17) is 9.40 Å². The molecule has 0 unspecified atom stereocenters. The van der Waals surface area contributed by atoms with Gasteiger partial charge in [0, 0.05) is 17.1 Å². The average Bonchev–Trinajstić information content (AvgIpc) is 3.38. The molecule has 216 valence electrons. The Balaban J connectivity index is 1.54. The lowest BCUT2D eigenvalue weighted by Gasteiger charge is -2.41. The maximum Gasteiger partial charge on any atom is 0.196 e. The molecule has 43 heavy (non-hydrogen) atoms. The molecule has 4 aromatic carbocycles. The van der Waals surface area contributed by atoms with Crippen molar-refractivity contribution in [3.8, 4) is 11.3 Å². The van der Waals surface area contributed by atoms with E-state index in [0.29, 0.717) is 5.54 Å². The zero-order valence-electron chi connectivity index (χ0n) is 25.9. The minimum atomic E-state index is -2.55. The third-order valence-corrected chi connectivity index (χ3v) is 15.3. The molecule has 1 fully saturated rings. The van der Waals surface area contributed by atoms with Gasteiger partial charge in [-0.25, -0.2) is 0 Å². The minimum Gasteiger partial charge on any atom is -0.463 e. The van der Waals surface area contributed by atoms with Crippen molar-refractivity contribution < 1.29 is 4.42 Å². The number of benzene rings is 4. The summed E-state index contributed by atoms with van der Waals surface area (Å²) in [4.78, 5) is 5.02. The molecule has 1 saturated carbocycles. The standard InChI is InChI=1S/C40H41NOSi/c1-28-34-24-25-41-37(30-26-29-16-14-15-23-35(29)36(27-30)40(2,3)4)38(34)42-39(28)43(31-17-8-5-9-18-31,32-19-10-6-11-20-32)33-21-12-7-13-22-33/h5-6,8-11,14-20,23-27,33H,7,12-13,21-22H2,1-4H3. The summed E-state index contributed by atoms with van der Waals surface area (Å²) in [6.45, 7) is 9.19. The summed E-state index contributed by atoms with van der Waals surface area (Å²) < 4.78 is 7.35. The SMILES string of the molecule is Cc1c([Si](c2ccccc2)(c2ccccc2)C2CCCCC2)oc2c(-c3cc(C(C)(C)C)c4ccccc4c3)nccc12. The molecule has 0 saturated heterocycles. The Labute approximate surface area is 256 Å². The van der Waals surface area contributed by atoms with E-state index in [1.54, 1.807) is 0 Å². The molecule has 1 aliphatic carbocycles. The molecule has 0 amide bonds. The minimum absolute atomic E-state index is 0.00256. The number of pyridine rings is 1. The molecule has 2 heterocycles. The van der Waals surface area contributed by atoms with Gasteiger partial charge in [-0.1, -0.05) is 138 Å². The highest BCUT2D eigenvalue weighted by molar-refractivity contribution is 7.12. The number of aromatic nitrogens is 1. The Morgan fingerprint density at radius 1 is 0.721 bits per heavy atom. The van der Waals surface area contributed by atoms with Crippen molar-refractivity contribution >= 4 is 45.6 Å². The van der Waals surface area contributed by atoms with Gasteiger partial charge < -0.3 is 4.42 Å². The lowest BCUT2D eigenvalue weighted by atomic mass is 9.82. The molecule has 2 nitrogen and oxygen atoms in total. The molecule has 0 bridgehead atoms. The van der Waals surface area contributed by atoms with Crippen LogP contribution in [-0.4, -0.2) is 13.1 Å². The molecule has 3 heteroatoms. The molecule has 0 atom stereocenters. The van der Waals surface area contributed by atoms with Gasteiger partial charge >= 0.3 is 0 Å². The summed E-state index contributed by atoms with van der Waals surface area (Å²) in [5.74, 6) is 0. The number of rotatable bonds is 5. The Kier molecular flexibility index (Phi) is 7.10. The summed E-state index contributed by atoms with van der Waals surface area (Å²) in [6, 6.07) is 38.2. The highest BCUT2D eigenvalue weighted by Gasteiger charge is 2.50. The van der Waals surface area contributed by atoms with E-state index in [1.165, 1.54) is 75.1 Å². The molecule has 0 radical (unpaired) electrons. The average molecular weight is 580 g/mol. The highest BCUT2D eigenvalue weighted by Crippen LogP contribution is 2.41. The Morgan fingerprint density at radius 3 is 2.00 bits per heavy atom. The number of nitrogens with zero attached hydrogens (tertiary/aromatic N) is 1. The van der Waals surface area contributed by atoms with Crippen molar-refractivity contribution in [1.82, 2.24) is 4.98 Å². The fourth-order valence-corrected chi connectivity index (χ4v) is 13.7. The van der Waals surface area contributed by atoms with Gasteiger partial charge in [0.15, 0.2) is 13.7 Å². The van der Waals surface area contributed by atoms with Crippen LogP contribution in [0.3, 0.4) is 0 Å². The van der Waals surface area contributed by atoms with Crippen molar-refractivity contribution in [3.63, 3.8) is 0 Å². The molecule has 0 aliphatic heterocycles. The van der Waals surface area contributed by atoms with Gasteiger partial charge in [-0.2, -0.15) is 0 Å². The van der Waals surface area contributed by atoms with Crippen molar-refractivity contribution in [1.29, 1.82) is 0 Å². The fourth-order valence-electron chi connectivity index (χ4n) is 7.82. The quantitative estimate of drug-likeness (QED) is 0.190. The van der Waals surface area contributed by atoms with E-state index in [9.17, 15) is 0 Å². The lowest BCUT2D eigenvalue weighted by Crippen LogP contribution is -2.70. The number of fused-ring (bicyclic) bond motifs is 2. The van der Waals surface area contributed by atoms with E-state index in [-0.39, 0.29) is 5.41 Å². The predicted molar refractivity (Wildman–Crippen MR) is 185 cm³/mol. The zero-order valence-corrected chi connectivity index (χ0v) is 26.9. The summed E-state index contributed by atoms with van der Waals surface area (Å²) in [7, 11) is -2.55. The van der Waals surface area contributed by atoms with E-state index < -0.39 is 8.07 Å². The summed E-state index contributed by atoms with van der Waals surface area (Å²) in [6.07, 6.45) is 8.38. The second-order valence-electron chi connectivity index (χ2n) is 13.5. The number of aryl methyl sites for hydroxylation is 1. The monoisotopic (exact) mass is 579 g/mol. The van der Waals surface area contributed by atoms with Crippen molar-refractivity contribution in [2.45, 2.75) is 70.8 Å². The topological polar surface area (TPSA) is 26.0 Å². The van der Waals surface area contributed by atoms with Crippen LogP contribution in [-0.2, 0) is 5.41 Å². The van der Waals surface area contributed by atoms with E-state index in [0.717, 1.165) is 16.8 Å². The third-order valence-electron chi connectivity index (χ3n) is 9.83. The van der Waals surface area contributed by atoms with E-state index in [1.807, 2.05) is 6.20 Å². The number of hydrogen-bond acceptors (Lipinski definition) is 2. The predicted octanol–water partition coefficient (Wildman–Crippen LogP) is 9.06. The summed E-state index contributed by atoms with van der Waals surface area (Å²) in [5.41, 5.74) is 6.18. The first-order valence-electron chi connectivity index (χ1n) is 15.9. The van der Waals surface area contributed by atoms with Crippen LogP contribution in [0.1, 0.15) is 64.0 Å². The lowest BCUT2D eigenvalue weighted by molar-refractivity contribution is 0.494. The van der Waals surface area contributed by atoms with Crippen LogP contribution in [0.15, 0.2) is 114 Å². The van der Waals surface area contributed by atoms with Crippen LogP contribution in [0, 0.1) is 6.92 Å². The first-order valence-corrected chi connectivity index (χ1v) is 18.0. The summed E-state index contributed by atoms with van der Waals surface area (Å²) in [5, 5.41) is 7.84. The van der Waals surface area contributed by atoms with Crippen LogP contribution in [0.25, 0.3) is 33.0 Å². The first-order chi connectivity index (χ1) is 20.9. The molecular weight excluding hydrogens is 539 g/mol. The molecular formula is C40H41NOSi. The van der Waals surface area contributed by atoms with Crippen LogP contribution in [0.2, 0.25) is 5.54 Å². The van der Waals surface area contributed by atoms with E-state index >= 15 is 0 Å². The van der Waals surface area contributed by atoms with Crippen molar-refractivity contribution in [2.24, 2.45) is 0 Å². The maximum atomic E-state index is 7.35. The summed E-state index contributed by atoms with van der Waals surface area (Å²) >= 11 is 0. The van der Waals surface area contributed by atoms with Crippen LogP contribution in [0.4, 0.5) is 0 Å². The van der Waals surface area contributed by atoms with E-state index in [2.05, 4.69) is 131 Å². The largest absolute Gasteiger partial charge is 0.463 e. The van der Waals surface area contributed by atoms with Gasteiger partial charge in [0.25, 0.3) is 0 Å². The van der Waals surface area contributed by atoms with Gasteiger partial charge in [-0.05, 0) is 68.4 Å². The fraction of sp³-hybridized carbons (Fsp3) is 0.275. The molecule has 0 N–H and O–H groups in total. The molecule has 0 spiro atoms. The van der Waals surface area contributed by atoms with Crippen LogP contribution < -0.4 is 15.8 Å².